The lowest BCUT2D eigenvalue weighted by atomic mass is 9.90. The van der Waals surface area contributed by atoms with Crippen LogP contribution < -0.4 is 11.5 Å². The van der Waals surface area contributed by atoms with E-state index < -0.39 is 0 Å². The van der Waals surface area contributed by atoms with Crippen molar-refractivity contribution in [1.82, 2.24) is 0 Å². The molecule has 74 valence electrons. The Morgan fingerprint density at radius 3 is 2.00 bits per heavy atom. The molecule has 1 aliphatic rings. The summed E-state index contributed by atoms with van der Waals surface area (Å²) in [6, 6.07) is -0.0394. The SMILES string of the molecule is CC1(N)C=CC=CC1N.Cl.Cl.O. The highest BCUT2D eigenvalue weighted by atomic mass is 35.5. The van der Waals surface area contributed by atoms with Crippen LogP contribution in [0.5, 0.6) is 0 Å². The molecule has 0 amide bonds. The second-order valence-electron chi connectivity index (χ2n) is 2.64. The minimum atomic E-state index is -0.352. The van der Waals surface area contributed by atoms with Crippen molar-refractivity contribution in [3.05, 3.63) is 24.3 Å². The third kappa shape index (κ3) is 4.09. The summed E-state index contributed by atoms with van der Waals surface area (Å²) in [5.41, 5.74) is 11.1. The van der Waals surface area contributed by atoms with Crippen molar-refractivity contribution in [2.45, 2.75) is 18.5 Å². The molecule has 2 atom stereocenters. The Kier molecular flexibility index (Phi) is 9.62. The molecular formula is C7H16Cl2N2O. The van der Waals surface area contributed by atoms with E-state index >= 15 is 0 Å². The monoisotopic (exact) mass is 214 g/mol. The van der Waals surface area contributed by atoms with Gasteiger partial charge in [-0.25, -0.2) is 0 Å². The first kappa shape index (κ1) is 17.9. The van der Waals surface area contributed by atoms with Crippen LogP contribution in [0.2, 0.25) is 0 Å². The van der Waals surface area contributed by atoms with Gasteiger partial charge in [-0.1, -0.05) is 24.3 Å². The Morgan fingerprint density at radius 2 is 1.75 bits per heavy atom. The molecule has 2 unspecified atom stereocenters. The van der Waals surface area contributed by atoms with Crippen molar-refractivity contribution >= 4 is 24.8 Å². The van der Waals surface area contributed by atoms with E-state index in [-0.39, 0.29) is 41.9 Å². The molecule has 0 spiro atoms. The minimum Gasteiger partial charge on any atom is -0.412 e. The van der Waals surface area contributed by atoms with Crippen LogP contribution in [0.1, 0.15) is 6.92 Å². The van der Waals surface area contributed by atoms with Crippen LogP contribution in [0.25, 0.3) is 0 Å². The van der Waals surface area contributed by atoms with Crippen LogP contribution in [0.15, 0.2) is 24.3 Å². The first-order chi connectivity index (χ1) is 4.13. The molecule has 0 saturated heterocycles. The summed E-state index contributed by atoms with van der Waals surface area (Å²) in [6.07, 6.45) is 7.65. The van der Waals surface area contributed by atoms with Crippen LogP contribution >= 0.6 is 24.8 Å². The van der Waals surface area contributed by atoms with Gasteiger partial charge in [0.15, 0.2) is 0 Å². The average molecular weight is 215 g/mol. The smallest absolute Gasteiger partial charge is 0.0503 e. The summed E-state index contributed by atoms with van der Waals surface area (Å²) in [6.45, 7) is 1.91. The van der Waals surface area contributed by atoms with Gasteiger partial charge in [0.1, 0.15) is 0 Å². The summed E-state index contributed by atoms with van der Waals surface area (Å²) in [5.74, 6) is 0. The highest BCUT2D eigenvalue weighted by Crippen LogP contribution is 2.11. The van der Waals surface area contributed by atoms with Gasteiger partial charge < -0.3 is 16.9 Å². The molecule has 0 radical (unpaired) electrons. The summed E-state index contributed by atoms with van der Waals surface area (Å²) in [4.78, 5) is 0. The standard InChI is InChI=1S/C7H12N2.2ClH.H2O/c1-7(9)5-3-2-4-6(7)8;;;/h2-6H,8-9H2,1H3;2*1H;1H2. The van der Waals surface area contributed by atoms with E-state index in [1.807, 2.05) is 31.2 Å². The molecule has 0 aromatic carbocycles. The molecule has 1 aliphatic carbocycles. The highest BCUT2D eigenvalue weighted by molar-refractivity contribution is 5.85. The maximum Gasteiger partial charge on any atom is 0.0503 e. The van der Waals surface area contributed by atoms with Crippen LogP contribution in [-0.4, -0.2) is 17.1 Å². The number of nitrogens with two attached hydrogens (primary N) is 2. The predicted octanol–water partition coefficient (Wildman–Crippen LogP) is 0.176. The van der Waals surface area contributed by atoms with Gasteiger partial charge in [0.25, 0.3) is 0 Å². The quantitative estimate of drug-likeness (QED) is 0.603. The van der Waals surface area contributed by atoms with E-state index in [1.54, 1.807) is 0 Å². The van der Waals surface area contributed by atoms with E-state index in [2.05, 4.69) is 0 Å². The fourth-order valence-corrected chi connectivity index (χ4v) is 0.765. The molecule has 0 aromatic rings. The van der Waals surface area contributed by atoms with Gasteiger partial charge in [-0.3, -0.25) is 0 Å². The van der Waals surface area contributed by atoms with Gasteiger partial charge in [0.05, 0.1) is 5.54 Å². The molecule has 6 N–H and O–H groups in total. The largest absolute Gasteiger partial charge is 0.412 e. The van der Waals surface area contributed by atoms with Crippen molar-refractivity contribution in [3.63, 3.8) is 0 Å². The summed E-state index contributed by atoms with van der Waals surface area (Å²) >= 11 is 0. The third-order valence-electron chi connectivity index (χ3n) is 1.60. The van der Waals surface area contributed by atoms with E-state index in [4.69, 9.17) is 11.5 Å². The topological polar surface area (TPSA) is 83.5 Å². The van der Waals surface area contributed by atoms with E-state index in [0.717, 1.165) is 0 Å². The molecule has 0 fully saturated rings. The Morgan fingerprint density at radius 1 is 1.25 bits per heavy atom. The number of allylic oxidation sites excluding steroid dienone is 2. The molecule has 3 nitrogen and oxygen atoms in total. The lowest BCUT2D eigenvalue weighted by molar-refractivity contribution is 0.515. The normalized spacial score (nSPS) is 31.1. The first-order valence-corrected chi connectivity index (χ1v) is 3.03. The Bertz CT molecular complexity index is 169. The van der Waals surface area contributed by atoms with Crippen molar-refractivity contribution in [2.75, 3.05) is 0 Å². The highest BCUT2D eigenvalue weighted by Gasteiger charge is 2.22. The fraction of sp³-hybridized carbons (Fsp3) is 0.429. The molecule has 0 aromatic heterocycles. The second kappa shape index (κ2) is 6.46. The van der Waals surface area contributed by atoms with Crippen molar-refractivity contribution in [3.8, 4) is 0 Å². The van der Waals surface area contributed by atoms with Gasteiger partial charge in [-0.15, -0.1) is 24.8 Å². The number of halogens is 2. The average Bonchev–Trinajstić information content (AvgIpc) is 1.77. The van der Waals surface area contributed by atoms with Crippen molar-refractivity contribution < 1.29 is 5.48 Å². The molecule has 0 saturated carbocycles. The molecular weight excluding hydrogens is 199 g/mol. The molecule has 12 heavy (non-hydrogen) atoms. The zero-order valence-corrected chi connectivity index (χ0v) is 8.49. The van der Waals surface area contributed by atoms with Crippen LogP contribution in [0.3, 0.4) is 0 Å². The zero-order chi connectivity index (χ0) is 6.91. The molecule has 1 rings (SSSR count). The van der Waals surface area contributed by atoms with Crippen molar-refractivity contribution in [1.29, 1.82) is 0 Å². The molecule has 0 bridgehead atoms. The Labute approximate surface area is 85.0 Å². The molecule has 0 aliphatic heterocycles. The predicted molar refractivity (Wildman–Crippen MR) is 57.0 cm³/mol. The molecule has 0 heterocycles. The zero-order valence-electron chi connectivity index (χ0n) is 6.86. The van der Waals surface area contributed by atoms with E-state index in [0.29, 0.717) is 0 Å². The van der Waals surface area contributed by atoms with E-state index in [9.17, 15) is 0 Å². The Hall–Kier alpha value is -0.0600. The lowest BCUT2D eigenvalue weighted by Crippen LogP contribution is -2.51. The number of rotatable bonds is 0. The van der Waals surface area contributed by atoms with Crippen LogP contribution in [0, 0.1) is 0 Å². The van der Waals surface area contributed by atoms with E-state index in [1.165, 1.54) is 0 Å². The first-order valence-electron chi connectivity index (χ1n) is 3.03. The maximum absolute atomic E-state index is 5.76. The maximum atomic E-state index is 5.76. The summed E-state index contributed by atoms with van der Waals surface area (Å²) in [5, 5.41) is 0. The van der Waals surface area contributed by atoms with Gasteiger partial charge in [-0.2, -0.15) is 0 Å². The Balaban J connectivity index is -0.000000270. The number of hydrogen-bond donors (Lipinski definition) is 2. The minimum absolute atomic E-state index is 0. The fourth-order valence-electron chi connectivity index (χ4n) is 0.765. The third-order valence-corrected chi connectivity index (χ3v) is 1.60. The molecule has 5 heteroatoms. The summed E-state index contributed by atoms with van der Waals surface area (Å²) in [7, 11) is 0. The van der Waals surface area contributed by atoms with Gasteiger partial charge in [0, 0.05) is 6.04 Å². The van der Waals surface area contributed by atoms with Crippen LogP contribution in [0.4, 0.5) is 0 Å². The lowest BCUT2D eigenvalue weighted by Gasteiger charge is -2.27. The number of hydrogen-bond acceptors (Lipinski definition) is 2. The van der Waals surface area contributed by atoms with Crippen molar-refractivity contribution in [2.24, 2.45) is 11.5 Å². The summed E-state index contributed by atoms with van der Waals surface area (Å²) < 4.78 is 0. The second-order valence-corrected chi connectivity index (χ2v) is 2.64. The van der Waals surface area contributed by atoms with Crippen LogP contribution in [-0.2, 0) is 0 Å². The van der Waals surface area contributed by atoms with Gasteiger partial charge in [0.2, 0.25) is 0 Å². The van der Waals surface area contributed by atoms with Gasteiger partial charge >= 0.3 is 0 Å². The van der Waals surface area contributed by atoms with Gasteiger partial charge in [-0.05, 0) is 6.92 Å².